The van der Waals surface area contributed by atoms with E-state index in [1.807, 2.05) is 44.2 Å². The van der Waals surface area contributed by atoms with Gasteiger partial charge in [0.25, 0.3) is 11.6 Å². The van der Waals surface area contributed by atoms with Crippen molar-refractivity contribution in [3.8, 4) is 0 Å². The molecule has 0 aliphatic rings. The Hall–Kier alpha value is -3.70. The largest absolute Gasteiger partial charge is 0.462 e. The number of carbonyl (C=O) groups is 3. The molecule has 0 spiro atoms. The smallest absolute Gasteiger partial charge is 0.341 e. The third-order valence-corrected chi connectivity index (χ3v) is 6.94. The quantitative estimate of drug-likeness (QED) is 0.178. The lowest BCUT2D eigenvalue weighted by Crippen LogP contribution is -2.22. The second-order valence-corrected chi connectivity index (χ2v) is 10.3. The number of nitrogens with one attached hydrogen (secondary N) is 1. The van der Waals surface area contributed by atoms with Gasteiger partial charge >= 0.3 is 11.9 Å². The topological polar surface area (TPSA) is 125 Å². The Morgan fingerprint density at radius 2 is 1.81 bits per heavy atom. The molecule has 1 N–H and O–H groups in total. The number of anilines is 1. The molecule has 1 aromatic heterocycles. The number of rotatable bonds is 11. The zero-order chi connectivity index (χ0) is 26.9. The molecule has 0 atom stereocenters. The first kappa shape index (κ1) is 27.9. The van der Waals surface area contributed by atoms with Gasteiger partial charge in [-0.2, -0.15) is 0 Å². The molecule has 3 rings (SSSR count). The Labute approximate surface area is 222 Å². The summed E-state index contributed by atoms with van der Waals surface area (Å²) in [7, 11) is 0. The predicted molar refractivity (Wildman–Crippen MR) is 141 cm³/mol. The minimum Gasteiger partial charge on any atom is -0.462 e. The summed E-state index contributed by atoms with van der Waals surface area (Å²) in [5, 5.41) is 16.3. The zero-order valence-corrected chi connectivity index (χ0v) is 22.1. The summed E-state index contributed by atoms with van der Waals surface area (Å²) in [6.07, 6.45) is 0.632. The lowest BCUT2D eigenvalue weighted by Gasteiger charge is -2.10. The molecule has 37 heavy (non-hydrogen) atoms. The van der Waals surface area contributed by atoms with E-state index in [-0.39, 0.29) is 23.8 Å². The van der Waals surface area contributed by atoms with Crippen LogP contribution in [0.2, 0.25) is 0 Å². The van der Waals surface area contributed by atoms with E-state index in [1.165, 1.54) is 35.2 Å². The first-order chi connectivity index (χ1) is 17.7. The third kappa shape index (κ3) is 7.64. The lowest BCUT2D eigenvalue weighted by atomic mass is 10.0. The normalized spacial score (nSPS) is 10.7. The number of hydrogen-bond donors (Lipinski definition) is 1. The van der Waals surface area contributed by atoms with E-state index in [0.29, 0.717) is 21.9 Å². The summed E-state index contributed by atoms with van der Waals surface area (Å²) in [5.41, 5.74) is 0.761. The van der Waals surface area contributed by atoms with Gasteiger partial charge in [0, 0.05) is 11.0 Å². The van der Waals surface area contributed by atoms with Gasteiger partial charge in [0.2, 0.25) is 0 Å². The fourth-order valence-electron chi connectivity index (χ4n) is 3.37. The number of nitro benzene ring substituents is 1. The van der Waals surface area contributed by atoms with Crippen molar-refractivity contribution < 1.29 is 28.8 Å². The van der Waals surface area contributed by atoms with Crippen LogP contribution in [0.15, 0.2) is 63.7 Å². The van der Waals surface area contributed by atoms with Crippen molar-refractivity contribution in [2.45, 2.75) is 37.0 Å². The minimum atomic E-state index is -0.883. The average molecular weight is 543 g/mol. The number of esters is 2. The number of amides is 1. The van der Waals surface area contributed by atoms with Crippen LogP contribution in [0.3, 0.4) is 0 Å². The van der Waals surface area contributed by atoms with Gasteiger partial charge in [-0.05, 0) is 54.5 Å². The molecule has 3 aromatic rings. The molecular formula is C26H26N2O7S2. The minimum absolute atomic E-state index is 0.0560. The highest BCUT2D eigenvalue weighted by Crippen LogP contribution is 2.35. The number of thiophene rings is 1. The average Bonchev–Trinajstić information content (AvgIpc) is 3.24. The highest BCUT2D eigenvalue weighted by Gasteiger charge is 2.23. The molecule has 11 heteroatoms. The van der Waals surface area contributed by atoms with Gasteiger partial charge in [0.1, 0.15) is 5.00 Å². The second-order valence-electron chi connectivity index (χ2n) is 8.26. The maximum absolute atomic E-state index is 12.5. The van der Waals surface area contributed by atoms with Crippen molar-refractivity contribution in [1.29, 1.82) is 0 Å². The van der Waals surface area contributed by atoms with Crippen LogP contribution >= 0.6 is 23.1 Å². The van der Waals surface area contributed by atoms with Gasteiger partial charge < -0.3 is 14.8 Å². The first-order valence-corrected chi connectivity index (χ1v) is 13.1. The molecule has 0 aliphatic carbocycles. The number of nitrogens with zero attached hydrogens (tertiary/aromatic N) is 1. The molecule has 0 saturated carbocycles. The van der Waals surface area contributed by atoms with Crippen LogP contribution in [-0.4, -0.2) is 36.0 Å². The van der Waals surface area contributed by atoms with E-state index >= 15 is 0 Å². The predicted octanol–water partition coefficient (Wildman–Crippen LogP) is 5.98. The van der Waals surface area contributed by atoms with E-state index in [2.05, 4.69) is 5.32 Å². The highest BCUT2D eigenvalue weighted by molar-refractivity contribution is 7.99. The van der Waals surface area contributed by atoms with Crippen molar-refractivity contribution in [3.05, 3.63) is 80.7 Å². The van der Waals surface area contributed by atoms with E-state index in [9.17, 15) is 24.5 Å². The SMILES string of the molecule is CCOC(=O)c1c(CC(C)C)csc1NC(=O)COC(=O)c1ccc(Sc2ccccc2)c([N+](=O)[O-])c1. The van der Waals surface area contributed by atoms with Crippen LogP contribution < -0.4 is 5.32 Å². The maximum atomic E-state index is 12.5. The number of ether oxygens (including phenoxy) is 2. The Morgan fingerprint density at radius 3 is 2.46 bits per heavy atom. The number of carbonyl (C=O) groups excluding carboxylic acids is 3. The Bertz CT molecular complexity index is 1290. The van der Waals surface area contributed by atoms with Gasteiger partial charge in [-0.1, -0.05) is 43.8 Å². The molecule has 0 saturated heterocycles. The molecule has 1 amide bonds. The zero-order valence-electron chi connectivity index (χ0n) is 20.5. The van der Waals surface area contributed by atoms with Crippen LogP contribution in [0.25, 0.3) is 0 Å². The number of benzene rings is 2. The van der Waals surface area contributed by atoms with Crippen LogP contribution in [0.4, 0.5) is 10.7 Å². The number of hydrogen-bond acceptors (Lipinski definition) is 9. The Balaban J connectivity index is 1.68. The lowest BCUT2D eigenvalue weighted by molar-refractivity contribution is -0.387. The van der Waals surface area contributed by atoms with E-state index < -0.39 is 29.4 Å². The fourth-order valence-corrected chi connectivity index (χ4v) is 5.27. The molecule has 0 unspecified atom stereocenters. The van der Waals surface area contributed by atoms with Gasteiger partial charge in [0.05, 0.1) is 27.6 Å². The Morgan fingerprint density at radius 1 is 1.08 bits per heavy atom. The molecule has 0 aliphatic heterocycles. The monoisotopic (exact) mass is 542 g/mol. The van der Waals surface area contributed by atoms with Crippen molar-refractivity contribution in [2.24, 2.45) is 5.92 Å². The highest BCUT2D eigenvalue weighted by atomic mass is 32.2. The van der Waals surface area contributed by atoms with E-state index in [1.54, 1.807) is 12.3 Å². The third-order valence-electron chi connectivity index (χ3n) is 4.92. The second kappa shape index (κ2) is 13.0. The molecule has 194 valence electrons. The molecule has 2 aromatic carbocycles. The van der Waals surface area contributed by atoms with Gasteiger partial charge in [-0.15, -0.1) is 11.3 Å². The summed E-state index contributed by atoms with van der Waals surface area (Å²) < 4.78 is 10.2. The Kier molecular flexibility index (Phi) is 9.81. The van der Waals surface area contributed by atoms with Crippen LogP contribution in [-0.2, 0) is 20.7 Å². The summed E-state index contributed by atoms with van der Waals surface area (Å²) in [4.78, 5) is 49.7. The number of nitro groups is 1. The van der Waals surface area contributed by atoms with Crippen LogP contribution in [0.5, 0.6) is 0 Å². The molecule has 0 bridgehead atoms. The molecule has 0 fully saturated rings. The summed E-state index contributed by atoms with van der Waals surface area (Å²) in [6, 6.07) is 13.1. The molecule has 9 nitrogen and oxygen atoms in total. The molecule has 0 radical (unpaired) electrons. The maximum Gasteiger partial charge on any atom is 0.341 e. The summed E-state index contributed by atoms with van der Waals surface area (Å²) >= 11 is 2.39. The van der Waals surface area contributed by atoms with Gasteiger partial charge in [-0.3, -0.25) is 14.9 Å². The van der Waals surface area contributed by atoms with Crippen molar-refractivity contribution >= 4 is 51.6 Å². The summed E-state index contributed by atoms with van der Waals surface area (Å²) in [6.45, 7) is 5.28. The molecule has 1 heterocycles. The fraction of sp³-hybridized carbons (Fsp3) is 0.269. The standard InChI is InChI=1S/C26H26N2O7S2/c1-4-34-26(31)23-18(12-16(2)3)15-36-24(23)27-22(29)14-35-25(30)17-10-11-21(20(13-17)28(32)33)37-19-8-6-5-7-9-19/h5-11,13,15-16H,4,12,14H2,1-3H3,(H,27,29). The van der Waals surface area contributed by atoms with Crippen molar-refractivity contribution in [1.82, 2.24) is 0 Å². The van der Waals surface area contributed by atoms with Gasteiger partial charge in [-0.25, -0.2) is 9.59 Å². The summed E-state index contributed by atoms with van der Waals surface area (Å²) in [5.74, 6) is -1.78. The van der Waals surface area contributed by atoms with Gasteiger partial charge in [0.15, 0.2) is 6.61 Å². The van der Waals surface area contributed by atoms with Crippen LogP contribution in [0.1, 0.15) is 47.1 Å². The first-order valence-electron chi connectivity index (χ1n) is 11.4. The van der Waals surface area contributed by atoms with Crippen molar-refractivity contribution in [3.63, 3.8) is 0 Å². The van der Waals surface area contributed by atoms with E-state index in [4.69, 9.17) is 9.47 Å². The molecular weight excluding hydrogens is 516 g/mol. The van der Waals surface area contributed by atoms with Crippen molar-refractivity contribution in [2.75, 3.05) is 18.5 Å². The van der Waals surface area contributed by atoms with Crippen LogP contribution in [0, 0.1) is 16.0 Å². The van der Waals surface area contributed by atoms with E-state index in [0.717, 1.165) is 16.5 Å².